The highest BCUT2D eigenvalue weighted by molar-refractivity contribution is 6.60. The average molecular weight is 282 g/mol. The van der Waals surface area contributed by atoms with Crippen LogP contribution >= 0.6 is 0 Å². The molecule has 0 saturated carbocycles. The molecule has 0 amide bonds. The molecule has 0 saturated heterocycles. The molecule has 1 unspecified atom stereocenters. The Bertz CT molecular complexity index is 325. The van der Waals surface area contributed by atoms with Gasteiger partial charge in [-0.1, -0.05) is 43.7 Å². The van der Waals surface area contributed by atoms with Crippen molar-refractivity contribution >= 4 is 8.80 Å². The van der Waals surface area contributed by atoms with E-state index in [0.29, 0.717) is 13.2 Å². The van der Waals surface area contributed by atoms with E-state index in [1.54, 1.807) is 0 Å². The van der Waals surface area contributed by atoms with Gasteiger partial charge in [0.25, 0.3) is 0 Å². The van der Waals surface area contributed by atoms with E-state index < -0.39 is 8.80 Å². The summed E-state index contributed by atoms with van der Waals surface area (Å²) >= 11 is 0. The molecule has 0 aliphatic rings. The van der Waals surface area contributed by atoms with Crippen LogP contribution in [0.25, 0.3) is 0 Å². The lowest BCUT2D eigenvalue weighted by Crippen LogP contribution is -2.46. The zero-order chi connectivity index (χ0) is 14.1. The molecule has 0 radical (unpaired) electrons. The lowest BCUT2D eigenvalue weighted by atomic mass is 10.1. The van der Waals surface area contributed by atoms with Gasteiger partial charge >= 0.3 is 8.80 Å². The maximum absolute atomic E-state index is 6.24. The highest BCUT2D eigenvalue weighted by Gasteiger charge is 2.41. The van der Waals surface area contributed by atoms with Gasteiger partial charge < -0.3 is 13.3 Å². The molecule has 0 aliphatic carbocycles. The van der Waals surface area contributed by atoms with E-state index in [4.69, 9.17) is 13.3 Å². The zero-order valence-corrected chi connectivity index (χ0v) is 13.5. The molecule has 1 aromatic carbocycles. The summed E-state index contributed by atoms with van der Waals surface area (Å²) in [5.74, 6) is 0. The summed E-state index contributed by atoms with van der Waals surface area (Å²) in [4.78, 5) is 0. The number of rotatable bonds is 9. The van der Waals surface area contributed by atoms with Crippen LogP contribution in [-0.4, -0.2) is 22.0 Å². The zero-order valence-electron chi connectivity index (χ0n) is 12.5. The Morgan fingerprint density at radius 1 is 1.00 bits per heavy atom. The van der Waals surface area contributed by atoms with Gasteiger partial charge in [-0.2, -0.15) is 0 Å². The maximum Gasteiger partial charge on any atom is 0.501 e. The molecule has 0 heterocycles. The molecule has 0 aliphatic heterocycles. The van der Waals surface area contributed by atoms with E-state index in [1.165, 1.54) is 0 Å². The van der Waals surface area contributed by atoms with Gasteiger partial charge in [0, 0.05) is 19.3 Å². The van der Waals surface area contributed by atoms with Crippen molar-refractivity contribution in [3.63, 3.8) is 0 Å². The average Bonchev–Trinajstić information content (AvgIpc) is 2.40. The molecule has 0 spiro atoms. The predicted molar refractivity (Wildman–Crippen MR) is 80.0 cm³/mol. The minimum absolute atomic E-state index is 0.00230. The van der Waals surface area contributed by atoms with Gasteiger partial charge in [0.15, 0.2) is 0 Å². The monoisotopic (exact) mass is 282 g/mol. The largest absolute Gasteiger partial charge is 0.501 e. The summed E-state index contributed by atoms with van der Waals surface area (Å²) in [6.45, 7) is 9.45. The van der Waals surface area contributed by atoms with Crippen LogP contribution in [0.1, 0.15) is 45.8 Å². The minimum atomic E-state index is -2.54. The second kappa shape index (κ2) is 8.48. The molecular formula is C15H26O3Si. The molecule has 108 valence electrons. The predicted octanol–water partition coefficient (Wildman–Crippen LogP) is 4.19. The van der Waals surface area contributed by atoms with Crippen LogP contribution in [0.3, 0.4) is 0 Å². The fourth-order valence-electron chi connectivity index (χ4n) is 2.12. The lowest BCUT2D eigenvalue weighted by molar-refractivity contribution is 0.0377. The third kappa shape index (κ3) is 5.07. The van der Waals surface area contributed by atoms with Crippen LogP contribution < -0.4 is 0 Å². The lowest BCUT2D eigenvalue weighted by Gasteiger charge is -2.31. The second-order valence-electron chi connectivity index (χ2n) is 4.47. The molecular weight excluding hydrogens is 256 g/mol. The summed E-state index contributed by atoms with van der Waals surface area (Å²) in [6.07, 6.45) is 1.01. The first-order valence-electron chi connectivity index (χ1n) is 7.18. The van der Waals surface area contributed by atoms with Crippen LogP contribution in [0.5, 0.6) is 0 Å². The van der Waals surface area contributed by atoms with Crippen molar-refractivity contribution in [3.8, 4) is 0 Å². The van der Waals surface area contributed by atoms with Crippen LogP contribution in [0.2, 0.25) is 6.04 Å². The molecule has 0 aromatic heterocycles. The first-order valence-corrected chi connectivity index (χ1v) is 9.11. The van der Waals surface area contributed by atoms with Gasteiger partial charge in [-0.3, -0.25) is 0 Å². The SMILES string of the molecule is CCC[Si](OCC)(OCC)OC(C)c1ccccc1. The molecule has 1 rings (SSSR count). The molecule has 19 heavy (non-hydrogen) atoms. The minimum Gasteiger partial charge on any atom is -0.374 e. The smallest absolute Gasteiger partial charge is 0.374 e. The normalized spacial score (nSPS) is 13.5. The van der Waals surface area contributed by atoms with E-state index in [1.807, 2.05) is 32.0 Å². The van der Waals surface area contributed by atoms with E-state index in [0.717, 1.165) is 18.0 Å². The second-order valence-corrected chi connectivity index (χ2v) is 7.15. The molecule has 4 heteroatoms. The van der Waals surface area contributed by atoms with Gasteiger partial charge in [0.2, 0.25) is 0 Å². The van der Waals surface area contributed by atoms with Gasteiger partial charge in [-0.05, 0) is 26.3 Å². The number of hydrogen-bond acceptors (Lipinski definition) is 3. The molecule has 0 fully saturated rings. The van der Waals surface area contributed by atoms with Crippen molar-refractivity contribution in [2.24, 2.45) is 0 Å². The molecule has 0 N–H and O–H groups in total. The van der Waals surface area contributed by atoms with Crippen LogP contribution in [0.4, 0.5) is 0 Å². The summed E-state index contributed by atoms with van der Waals surface area (Å²) < 4.78 is 18.0. The highest BCUT2D eigenvalue weighted by Crippen LogP contribution is 2.26. The first-order chi connectivity index (χ1) is 9.17. The van der Waals surface area contributed by atoms with Crippen molar-refractivity contribution in [2.45, 2.75) is 46.3 Å². The molecule has 0 bridgehead atoms. The van der Waals surface area contributed by atoms with Gasteiger partial charge in [0.1, 0.15) is 0 Å². The fraction of sp³-hybridized carbons (Fsp3) is 0.600. The molecule has 1 aromatic rings. The highest BCUT2D eigenvalue weighted by atomic mass is 28.4. The van der Waals surface area contributed by atoms with Crippen molar-refractivity contribution in [2.75, 3.05) is 13.2 Å². The van der Waals surface area contributed by atoms with Gasteiger partial charge in [-0.15, -0.1) is 0 Å². The fourth-order valence-corrected chi connectivity index (χ4v) is 4.91. The van der Waals surface area contributed by atoms with Crippen LogP contribution in [0, 0.1) is 0 Å². The molecule has 3 nitrogen and oxygen atoms in total. The van der Waals surface area contributed by atoms with Crippen LogP contribution in [-0.2, 0) is 13.3 Å². The Morgan fingerprint density at radius 3 is 2.05 bits per heavy atom. The summed E-state index contributed by atoms with van der Waals surface area (Å²) in [5.41, 5.74) is 1.16. The standard InChI is InChI=1S/C15H26O3Si/c1-5-13-19(16-6-2,17-7-3)18-14(4)15-11-9-8-10-12-15/h8-12,14H,5-7,13H2,1-4H3. The van der Waals surface area contributed by atoms with E-state index >= 15 is 0 Å². The third-order valence-electron chi connectivity index (χ3n) is 2.91. The van der Waals surface area contributed by atoms with Crippen LogP contribution in [0.15, 0.2) is 30.3 Å². The summed E-state index contributed by atoms with van der Waals surface area (Å²) in [7, 11) is -2.54. The van der Waals surface area contributed by atoms with Crippen molar-refractivity contribution in [1.82, 2.24) is 0 Å². The Hall–Kier alpha value is -0.683. The number of benzene rings is 1. The Morgan fingerprint density at radius 2 is 1.58 bits per heavy atom. The van der Waals surface area contributed by atoms with Gasteiger partial charge in [-0.25, -0.2) is 0 Å². The van der Waals surface area contributed by atoms with Crippen molar-refractivity contribution < 1.29 is 13.3 Å². The Labute approximate surface area is 118 Å². The van der Waals surface area contributed by atoms with E-state index in [9.17, 15) is 0 Å². The van der Waals surface area contributed by atoms with Gasteiger partial charge in [0.05, 0.1) is 6.10 Å². The summed E-state index contributed by atoms with van der Waals surface area (Å²) in [6, 6.07) is 11.1. The Kier molecular flexibility index (Phi) is 7.31. The molecule has 1 atom stereocenters. The quantitative estimate of drug-likeness (QED) is 0.636. The topological polar surface area (TPSA) is 27.7 Å². The maximum atomic E-state index is 6.24. The third-order valence-corrected chi connectivity index (χ3v) is 6.19. The van der Waals surface area contributed by atoms with E-state index in [2.05, 4.69) is 26.0 Å². The number of hydrogen-bond donors (Lipinski definition) is 0. The van der Waals surface area contributed by atoms with Crippen molar-refractivity contribution in [3.05, 3.63) is 35.9 Å². The Balaban J connectivity index is 2.80. The van der Waals surface area contributed by atoms with E-state index in [-0.39, 0.29) is 6.10 Å². The first kappa shape index (κ1) is 16.4. The van der Waals surface area contributed by atoms with Crippen molar-refractivity contribution in [1.29, 1.82) is 0 Å². The summed E-state index contributed by atoms with van der Waals surface area (Å²) in [5, 5.41) is 0.